The molecule has 0 saturated heterocycles. The number of aliphatic hydroxyl groups is 1. The Kier molecular flexibility index (Phi) is 5.02. The first-order chi connectivity index (χ1) is 9.67. The highest BCUT2D eigenvalue weighted by Gasteiger charge is 2.16. The number of ether oxygens (including phenoxy) is 1. The van der Waals surface area contributed by atoms with E-state index in [0.717, 1.165) is 41.3 Å². The summed E-state index contributed by atoms with van der Waals surface area (Å²) in [6, 6.07) is 12.0. The minimum absolute atomic E-state index is 0.410. The Hall–Kier alpha value is -1.54. The zero-order valence-electron chi connectivity index (χ0n) is 12.6. The predicted octanol–water partition coefficient (Wildman–Crippen LogP) is 4.71. The molecule has 20 heavy (non-hydrogen) atoms. The highest BCUT2D eigenvalue weighted by molar-refractivity contribution is 5.91. The summed E-state index contributed by atoms with van der Waals surface area (Å²) in [5.41, 5.74) is 1.00. The van der Waals surface area contributed by atoms with Gasteiger partial charge in [-0.25, -0.2) is 0 Å². The molecule has 0 aliphatic carbocycles. The average Bonchev–Trinajstić information content (AvgIpc) is 2.46. The summed E-state index contributed by atoms with van der Waals surface area (Å²) in [5, 5.41) is 12.7. The van der Waals surface area contributed by atoms with Crippen LogP contribution in [0.1, 0.15) is 44.8 Å². The molecule has 0 bridgehead atoms. The van der Waals surface area contributed by atoms with Gasteiger partial charge in [0, 0.05) is 5.39 Å². The van der Waals surface area contributed by atoms with Crippen molar-refractivity contribution in [2.24, 2.45) is 5.92 Å². The first-order valence-corrected chi connectivity index (χ1v) is 7.41. The zero-order chi connectivity index (χ0) is 14.5. The van der Waals surface area contributed by atoms with Crippen molar-refractivity contribution >= 4 is 10.8 Å². The van der Waals surface area contributed by atoms with E-state index in [9.17, 15) is 5.11 Å². The molecule has 108 valence electrons. The quantitative estimate of drug-likeness (QED) is 0.825. The van der Waals surface area contributed by atoms with Crippen LogP contribution in [0.5, 0.6) is 5.75 Å². The van der Waals surface area contributed by atoms with Crippen LogP contribution in [0.2, 0.25) is 0 Å². The maximum atomic E-state index is 10.5. The van der Waals surface area contributed by atoms with Crippen molar-refractivity contribution in [2.75, 3.05) is 7.11 Å². The van der Waals surface area contributed by atoms with Crippen LogP contribution < -0.4 is 4.74 Å². The van der Waals surface area contributed by atoms with Crippen molar-refractivity contribution < 1.29 is 9.84 Å². The van der Waals surface area contributed by atoms with Crippen molar-refractivity contribution in [1.82, 2.24) is 0 Å². The fraction of sp³-hybridized carbons (Fsp3) is 0.444. The van der Waals surface area contributed by atoms with Gasteiger partial charge in [0.2, 0.25) is 0 Å². The van der Waals surface area contributed by atoms with Gasteiger partial charge in [-0.05, 0) is 29.4 Å². The monoisotopic (exact) mass is 272 g/mol. The first kappa shape index (κ1) is 14.9. The molecule has 0 saturated carbocycles. The van der Waals surface area contributed by atoms with Crippen LogP contribution >= 0.6 is 0 Å². The second-order valence-electron chi connectivity index (χ2n) is 5.55. The van der Waals surface area contributed by atoms with Gasteiger partial charge in [-0.2, -0.15) is 0 Å². The molecule has 0 radical (unpaired) electrons. The molecule has 0 fully saturated rings. The Morgan fingerprint density at radius 1 is 1.10 bits per heavy atom. The van der Waals surface area contributed by atoms with Crippen molar-refractivity contribution in [3.05, 3.63) is 42.0 Å². The third kappa shape index (κ3) is 3.13. The lowest BCUT2D eigenvalue weighted by Crippen LogP contribution is -2.05. The summed E-state index contributed by atoms with van der Waals surface area (Å²) in [7, 11) is 1.68. The van der Waals surface area contributed by atoms with Crippen molar-refractivity contribution in [2.45, 2.75) is 39.2 Å². The number of rotatable bonds is 6. The number of hydrogen-bond donors (Lipinski definition) is 1. The second kappa shape index (κ2) is 6.76. The van der Waals surface area contributed by atoms with Crippen LogP contribution in [0.3, 0.4) is 0 Å². The Morgan fingerprint density at radius 3 is 2.45 bits per heavy atom. The number of fused-ring (bicyclic) bond motifs is 1. The van der Waals surface area contributed by atoms with Crippen molar-refractivity contribution in [3.63, 3.8) is 0 Å². The number of aliphatic hydroxyl groups excluding tert-OH is 1. The molecule has 0 aliphatic heterocycles. The van der Waals surface area contributed by atoms with E-state index < -0.39 is 6.10 Å². The molecular weight excluding hydrogens is 248 g/mol. The summed E-state index contributed by atoms with van der Waals surface area (Å²) in [6.07, 6.45) is 2.72. The van der Waals surface area contributed by atoms with E-state index >= 15 is 0 Å². The SMILES string of the molecule is CCCC(C)CC(O)c1ccc(OC)c2ccccc12. The molecule has 0 aliphatic rings. The molecule has 1 N–H and O–H groups in total. The molecular formula is C18H24O2. The summed E-state index contributed by atoms with van der Waals surface area (Å²) in [4.78, 5) is 0. The molecule has 2 heteroatoms. The third-order valence-electron chi connectivity index (χ3n) is 3.90. The van der Waals surface area contributed by atoms with Gasteiger partial charge in [0.15, 0.2) is 0 Å². The van der Waals surface area contributed by atoms with Gasteiger partial charge in [-0.15, -0.1) is 0 Å². The Balaban J connectivity index is 2.35. The fourth-order valence-corrected chi connectivity index (χ4v) is 2.88. The molecule has 0 spiro atoms. The third-order valence-corrected chi connectivity index (χ3v) is 3.90. The van der Waals surface area contributed by atoms with Crippen molar-refractivity contribution in [1.29, 1.82) is 0 Å². The van der Waals surface area contributed by atoms with Crippen LogP contribution in [-0.2, 0) is 0 Å². The van der Waals surface area contributed by atoms with E-state index in [1.54, 1.807) is 7.11 Å². The Labute approximate surface area is 121 Å². The predicted molar refractivity (Wildman–Crippen MR) is 84.1 cm³/mol. The van der Waals surface area contributed by atoms with Gasteiger partial charge in [0.1, 0.15) is 5.75 Å². The molecule has 2 atom stereocenters. The van der Waals surface area contributed by atoms with Gasteiger partial charge >= 0.3 is 0 Å². The maximum absolute atomic E-state index is 10.5. The zero-order valence-corrected chi connectivity index (χ0v) is 12.6. The molecule has 0 heterocycles. The lowest BCUT2D eigenvalue weighted by molar-refractivity contribution is 0.146. The Bertz CT molecular complexity index is 562. The van der Waals surface area contributed by atoms with Crippen molar-refractivity contribution in [3.8, 4) is 5.75 Å². The van der Waals surface area contributed by atoms with E-state index in [1.807, 2.05) is 30.3 Å². The first-order valence-electron chi connectivity index (χ1n) is 7.41. The summed E-state index contributed by atoms with van der Waals surface area (Å²) < 4.78 is 5.40. The minimum Gasteiger partial charge on any atom is -0.496 e. The number of methoxy groups -OCH3 is 1. The van der Waals surface area contributed by atoms with E-state index in [0.29, 0.717) is 5.92 Å². The van der Waals surface area contributed by atoms with E-state index in [4.69, 9.17) is 4.74 Å². The van der Waals surface area contributed by atoms with Gasteiger partial charge in [0.05, 0.1) is 13.2 Å². The second-order valence-corrected chi connectivity index (χ2v) is 5.55. The minimum atomic E-state index is -0.410. The van der Waals surface area contributed by atoms with Crippen LogP contribution in [0.15, 0.2) is 36.4 Å². The largest absolute Gasteiger partial charge is 0.496 e. The lowest BCUT2D eigenvalue weighted by atomic mass is 9.92. The molecule has 2 rings (SSSR count). The standard InChI is InChI=1S/C18H24O2/c1-4-7-13(2)12-17(19)15-10-11-18(20-3)16-9-6-5-8-14(15)16/h5-6,8-11,13,17,19H,4,7,12H2,1-3H3. The Morgan fingerprint density at radius 2 is 1.80 bits per heavy atom. The topological polar surface area (TPSA) is 29.5 Å². The number of benzene rings is 2. The van der Waals surface area contributed by atoms with Crippen LogP contribution in [-0.4, -0.2) is 12.2 Å². The molecule has 2 unspecified atom stereocenters. The highest BCUT2D eigenvalue weighted by atomic mass is 16.5. The fourth-order valence-electron chi connectivity index (χ4n) is 2.88. The van der Waals surface area contributed by atoms with Gasteiger partial charge in [-0.1, -0.05) is 57.0 Å². The normalized spacial score (nSPS) is 14.2. The lowest BCUT2D eigenvalue weighted by Gasteiger charge is -2.19. The maximum Gasteiger partial charge on any atom is 0.126 e. The summed E-state index contributed by atoms with van der Waals surface area (Å²) in [6.45, 7) is 4.39. The van der Waals surface area contributed by atoms with E-state index in [-0.39, 0.29) is 0 Å². The van der Waals surface area contributed by atoms with E-state index in [1.165, 1.54) is 0 Å². The highest BCUT2D eigenvalue weighted by Crippen LogP contribution is 2.34. The van der Waals surface area contributed by atoms with Crippen LogP contribution in [0.25, 0.3) is 10.8 Å². The molecule has 2 nitrogen and oxygen atoms in total. The van der Waals surface area contributed by atoms with Gasteiger partial charge < -0.3 is 9.84 Å². The summed E-state index contributed by atoms with van der Waals surface area (Å²) >= 11 is 0. The average molecular weight is 272 g/mol. The molecule has 0 amide bonds. The van der Waals surface area contributed by atoms with E-state index in [2.05, 4.69) is 19.9 Å². The van der Waals surface area contributed by atoms with Gasteiger partial charge in [-0.3, -0.25) is 0 Å². The number of hydrogen-bond acceptors (Lipinski definition) is 2. The molecule has 0 aromatic heterocycles. The molecule has 2 aromatic carbocycles. The van der Waals surface area contributed by atoms with Crippen LogP contribution in [0, 0.1) is 5.92 Å². The smallest absolute Gasteiger partial charge is 0.126 e. The van der Waals surface area contributed by atoms with Crippen LogP contribution in [0.4, 0.5) is 0 Å². The van der Waals surface area contributed by atoms with Gasteiger partial charge in [0.25, 0.3) is 0 Å². The summed E-state index contributed by atoms with van der Waals surface area (Å²) in [5.74, 6) is 1.40. The molecule has 2 aromatic rings.